The van der Waals surface area contributed by atoms with E-state index in [1.807, 2.05) is 0 Å². The number of carbonyl (C=O) groups is 1. The maximum Gasteiger partial charge on any atom is 0.416 e. The van der Waals surface area contributed by atoms with Crippen LogP contribution in [0.5, 0.6) is 0 Å². The van der Waals surface area contributed by atoms with E-state index in [0.717, 1.165) is 19.3 Å². The Balaban J connectivity index is 1.94. The van der Waals surface area contributed by atoms with Crippen molar-refractivity contribution >= 4 is 5.78 Å². The lowest BCUT2D eigenvalue weighted by Gasteiger charge is -2.39. The third kappa shape index (κ3) is 3.99. The predicted octanol–water partition coefficient (Wildman–Crippen LogP) is 4.83. The molecule has 2 unspecified atom stereocenters. The lowest BCUT2D eigenvalue weighted by molar-refractivity contribution is -0.143. The molecule has 0 radical (unpaired) electrons. The maximum atomic E-state index is 12.9. The zero-order valence-corrected chi connectivity index (χ0v) is 13.2. The van der Waals surface area contributed by atoms with E-state index in [0.29, 0.717) is 25.0 Å². The van der Waals surface area contributed by atoms with Crippen molar-refractivity contribution in [3.05, 3.63) is 34.9 Å². The van der Waals surface area contributed by atoms with Gasteiger partial charge >= 0.3 is 12.4 Å². The molecular formula is C17H17F6NO. The summed E-state index contributed by atoms with van der Waals surface area (Å²) in [7, 11) is 0. The van der Waals surface area contributed by atoms with Crippen molar-refractivity contribution in [2.24, 2.45) is 5.92 Å². The van der Waals surface area contributed by atoms with Crippen molar-refractivity contribution in [1.29, 1.82) is 0 Å². The maximum absolute atomic E-state index is 12.9. The van der Waals surface area contributed by atoms with Crippen molar-refractivity contribution < 1.29 is 31.1 Å². The van der Waals surface area contributed by atoms with Crippen molar-refractivity contribution in [2.75, 3.05) is 0 Å². The van der Waals surface area contributed by atoms with Crippen LogP contribution in [0, 0.1) is 5.92 Å². The molecule has 3 rings (SSSR count). The minimum atomic E-state index is -4.94. The summed E-state index contributed by atoms with van der Waals surface area (Å²) in [5.74, 6) is -1.17. The molecule has 1 aromatic carbocycles. The molecule has 0 amide bonds. The van der Waals surface area contributed by atoms with E-state index in [9.17, 15) is 31.1 Å². The summed E-state index contributed by atoms with van der Waals surface area (Å²) in [4.78, 5) is 12.6. The Morgan fingerprint density at radius 2 is 1.36 bits per heavy atom. The number of nitrogens with one attached hydrogen (secondary N) is 1. The summed E-state index contributed by atoms with van der Waals surface area (Å²) >= 11 is 0. The summed E-state index contributed by atoms with van der Waals surface area (Å²) in [5, 5.41) is 3.35. The van der Waals surface area contributed by atoms with Gasteiger partial charge in [0.1, 0.15) is 0 Å². The van der Waals surface area contributed by atoms with Crippen molar-refractivity contribution in [2.45, 2.75) is 56.5 Å². The van der Waals surface area contributed by atoms with Gasteiger partial charge in [-0.05, 0) is 43.9 Å². The Bertz CT molecular complexity index is 622. The summed E-state index contributed by atoms with van der Waals surface area (Å²) < 4.78 is 77.6. The van der Waals surface area contributed by atoms with Crippen LogP contribution in [0.2, 0.25) is 0 Å². The van der Waals surface area contributed by atoms with Crippen LogP contribution >= 0.6 is 0 Å². The summed E-state index contributed by atoms with van der Waals surface area (Å²) in [6, 6.07) is 1.34. The highest BCUT2D eigenvalue weighted by molar-refractivity contribution is 5.98. The molecule has 2 bridgehead atoms. The van der Waals surface area contributed by atoms with Gasteiger partial charge in [-0.3, -0.25) is 4.79 Å². The number of fused-ring (bicyclic) bond motifs is 2. The number of hydrogen-bond acceptors (Lipinski definition) is 2. The van der Waals surface area contributed by atoms with Gasteiger partial charge in [-0.15, -0.1) is 0 Å². The van der Waals surface area contributed by atoms with Gasteiger partial charge in [0.15, 0.2) is 5.78 Å². The van der Waals surface area contributed by atoms with E-state index in [1.165, 1.54) is 0 Å². The minimum absolute atomic E-state index is 0.0495. The first-order valence-electron chi connectivity index (χ1n) is 8.14. The molecule has 1 aromatic rings. The zero-order valence-electron chi connectivity index (χ0n) is 13.2. The van der Waals surface area contributed by atoms with Crippen LogP contribution in [0.3, 0.4) is 0 Å². The van der Waals surface area contributed by atoms with E-state index in [4.69, 9.17) is 0 Å². The Kier molecular flexibility index (Phi) is 4.59. The third-order valence-electron chi connectivity index (χ3n) is 4.96. The fourth-order valence-corrected chi connectivity index (χ4v) is 3.81. The number of hydrogen-bond donors (Lipinski definition) is 1. The number of carbonyl (C=O) groups excluding carboxylic acids is 1. The highest BCUT2D eigenvalue weighted by atomic mass is 19.4. The number of Topliss-reactive ketones (excluding diaryl/α,β-unsaturated/α-hetero) is 1. The fourth-order valence-electron chi connectivity index (χ4n) is 3.81. The van der Waals surface area contributed by atoms with E-state index in [1.54, 1.807) is 0 Å². The standard InChI is InChI=1S/C17H17F6NO/c18-16(19,20)11-4-9(5-12(8-11)17(21,22)23)15(25)10-6-13-2-1-3-14(7-10)24-13/h4-5,8,10,13-14,24H,1-3,6-7H2. The largest absolute Gasteiger partial charge is 0.416 e. The average Bonchev–Trinajstić information content (AvgIpc) is 2.51. The van der Waals surface area contributed by atoms with Gasteiger partial charge < -0.3 is 5.32 Å². The molecule has 2 fully saturated rings. The third-order valence-corrected chi connectivity index (χ3v) is 4.96. The molecule has 0 aromatic heterocycles. The van der Waals surface area contributed by atoms with Crippen LogP contribution < -0.4 is 5.32 Å². The number of rotatable bonds is 2. The number of halogens is 6. The molecule has 2 heterocycles. The van der Waals surface area contributed by atoms with Gasteiger partial charge in [0, 0.05) is 23.6 Å². The van der Waals surface area contributed by atoms with E-state index >= 15 is 0 Å². The Morgan fingerprint density at radius 1 is 0.880 bits per heavy atom. The Morgan fingerprint density at radius 3 is 1.80 bits per heavy atom. The quantitative estimate of drug-likeness (QED) is 0.601. The van der Waals surface area contributed by atoms with Crippen molar-refractivity contribution in [3.8, 4) is 0 Å². The molecule has 2 nitrogen and oxygen atoms in total. The summed E-state index contributed by atoms with van der Waals surface area (Å²) in [6.45, 7) is 0. The first-order chi connectivity index (χ1) is 11.5. The topological polar surface area (TPSA) is 29.1 Å². The van der Waals surface area contributed by atoms with Gasteiger partial charge in [-0.1, -0.05) is 6.42 Å². The molecule has 2 aliphatic heterocycles. The van der Waals surface area contributed by atoms with E-state index < -0.39 is 40.7 Å². The molecule has 2 aliphatic rings. The zero-order chi connectivity index (χ0) is 18.4. The molecule has 0 saturated carbocycles. The second-order valence-corrected chi connectivity index (χ2v) is 6.82. The lowest BCUT2D eigenvalue weighted by Crippen LogP contribution is -2.50. The fraction of sp³-hybridized carbons (Fsp3) is 0.588. The second-order valence-electron chi connectivity index (χ2n) is 6.82. The molecule has 1 N–H and O–H groups in total. The number of benzene rings is 1. The van der Waals surface area contributed by atoms with Crippen LogP contribution in [-0.2, 0) is 12.4 Å². The minimum Gasteiger partial charge on any atom is -0.311 e. The molecule has 25 heavy (non-hydrogen) atoms. The summed E-state index contributed by atoms with van der Waals surface area (Å²) in [6.07, 6.45) is -6.22. The Hall–Kier alpha value is -1.57. The SMILES string of the molecule is O=C(c1cc(C(F)(F)F)cc(C(F)(F)F)c1)C1CC2CCCC(C1)N2. The molecule has 0 spiro atoms. The second kappa shape index (κ2) is 6.30. The van der Waals surface area contributed by atoms with Gasteiger partial charge in [-0.25, -0.2) is 0 Å². The van der Waals surface area contributed by atoms with E-state index in [-0.39, 0.29) is 18.2 Å². The highest BCUT2D eigenvalue weighted by Crippen LogP contribution is 2.38. The number of piperidine rings is 2. The lowest BCUT2D eigenvalue weighted by atomic mass is 9.77. The van der Waals surface area contributed by atoms with Crippen LogP contribution in [0.25, 0.3) is 0 Å². The molecule has 2 atom stereocenters. The van der Waals surface area contributed by atoms with Gasteiger partial charge in [0.05, 0.1) is 11.1 Å². The van der Waals surface area contributed by atoms with Crippen molar-refractivity contribution in [3.63, 3.8) is 0 Å². The molecule has 2 saturated heterocycles. The van der Waals surface area contributed by atoms with Gasteiger partial charge in [0.2, 0.25) is 0 Å². The highest BCUT2D eigenvalue weighted by Gasteiger charge is 2.39. The number of ketones is 1. The van der Waals surface area contributed by atoms with E-state index in [2.05, 4.69) is 5.32 Å². The normalized spacial score (nSPS) is 27.2. The van der Waals surface area contributed by atoms with Gasteiger partial charge in [-0.2, -0.15) is 26.3 Å². The van der Waals surface area contributed by atoms with Crippen LogP contribution in [-0.4, -0.2) is 17.9 Å². The number of alkyl halides is 6. The van der Waals surface area contributed by atoms with Gasteiger partial charge in [0.25, 0.3) is 0 Å². The van der Waals surface area contributed by atoms with Crippen molar-refractivity contribution in [1.82, 2.24) is 5.32 Å². The molecule has 138 valence electrons. The smallest absolute Gasteiger partial charge is 0.311 e. The first-order valence-corrected chi connectivity index (χ1v) is 8.14. The Labute approximate surface area is 140 Å². The van der Waals surface area contributed by atoms with Crippen LogP contribution in [0.15, 0.2) is 18.2 Å². The monoisotopic (exact) mass is 365 g/mol. The first kappa shape index (κ1) is 18.2. The predicted molar refractivity (Wildman–Crippen MR) is 78.1 cm³/mol. The van der Waals surface area contributed by atoms with Crippen LogP contribution in [0.4, 0.5) is 26.3 Å². The van der Waals surface area contributed by atoms with Crippen LogP contribution in [0.1, 0.15) is 53.6 Å². The molecule has 8 heteroatoms. The summed E-state index contributed by atoms with van der Waals surface area (Å²) in [5.41, 5.74) is -3.40. The average molecular weight is 365 g/mol. The molecule has 0 aliphatic carbocycles. The molecular weight excluding hydrogens is 348 g/mol.